The first kappa shape index (κ1) is 9.61. The first-order valence-electron chi connectivity index (χ1n) is 3.82. The molecule has 12 heavy (non-hydrogen) atoms. The van der Waals surface area contributed by atoms with Crippen molar-refractivity contribution in [1.29, 1.82) is 0 Å². The van der Waals surface area contributed by atoms with Crippen LogP contribution in [0.25, 0.3) is 0 Å². The number of oxazole rings is 1. The van der Waals surface area contributed by atoms with Crippen molar-refractivity contribution >= 4 is 11.8 Å². The molecule has 0 bridgehead atoms. The van der Waals surface area contributed by atoms with Crippen molar-refractivity contribution < 1.29 is 9.52 Å². The summed E-state index contributed by atoms with van der Waals surface area (Å²) in [6.07, 6.45) is 3.90. The molecule has 0 aliphatic rings. The summed E-state index contributed by atoms with van der Waals surface area (Å²) in [5, 5.41) is 10.0. The van der Waals surface area contributed by atoms with Gasteiger partial charge >= 0.3 is 0 Å². The van der Waals surface area contributed by atoms with Gasteiger partial charge in [-0.15, -0.1) is 0 Å². The third kappa shape index (κ3) is 3.78. The highest BCUT2D eigenvalue weighted by Gasteiger charge is 2.12. The quantitative estimate of drug-likeness (QED) is 0.731. The number of nitrogens with zero attached hydrogens (tertiary/aromatic N) is 1. The van der Waals surface area contributed by atoms with Crippen LogP contribution >= 0.6 is 11.8 Å². The molecule has 0 saturated heterocycles. The summed E-state index contributed by atoms with van der Waals surface area (Å²) in [7, 11) is 0. The SMILES string of the molecule is CC(C)(O)CCSc1ncco1. The van der Waals surface area contributed by atoms with E-state index in [2.05, 4.69) is 4.98 Å². The van der Waals surface area contributed by atoms with Gasteiger partial charge in [0.1, 0.15) is 6.26 Å². The van der Waals surface area contributed by atoms with Gasteiger partial charge in [-0.25, -0.2) is 4.98 Å². The summed E-state index contributed by atoms with van der Waals surface area (Å²) < 4.78 is 5.02. The van der Waals surface area contributed by atoms with Crippen molar-refractivity contribution in [2.45, 2.75) is 31.1 Å². The van der Waals surface area contributed by atoms with Crippen LogP contribution in [-0.2, 0) is 0 Å². The van der Waals surface area contributed by atoms with E-state index in [0.717, 1.165) is 12.2 Å². The molecule has 0 fully saturated rings. The van der Waals surface area contributed by atoms with E-state index in [9.17, 15) is 5.11 Å². The lowest BCUT2D eigenvalue weighted by molar-refractivity contribution is 0.0777. The average Bonchev–Trinajstić information content (AvgIpc) is 2.36. The number of thioether (sulfide) groups is 1. The number of hydrogen-bond donors (Lipinski definition) is 1. The normalized spacial score (nSPS) is 11.9. The highest BCUT2D eigenvalue weighted by Crippen LogP contribution is 2.19. The van der Waals surface area contributed by atoms with Crippen molar-refractivity contribution in [1.82, 2.24) is 4.98 Å². The molecule has 0 radical (unpaired) electrons. The second-order valence-electron chi connectivity index (χ2n) is 3.21. The van der Waals surface area contributed by atoms with Crippen molar-refractivity contribution in [2.24, 2.45) is 0 Å². The van der Waals surface area contributed by atoms with E-state index in [4.69, 9.17) is 4.42 Å². The smallest absolute Gasteiger partial charge is 0.255 e. The molecule has 0 aromatic carbocycles. The summed E-state index contributed by atoms with van der Waals surface area (Å²) >= 11 is 1.52. The van der Waals surface area contributed by atoms with E-state index in [1.807, 2.05) is 0 Å². The monoisotopic (exact) mass is 187 g/mol. The molecule has 1 heterocycles. The van der Waals surface area contributed by atoms with Gasteiger partial charge in [0.15, 0.2) is 0 Å². The third-order valence-corrected chi connectivity index (χ3v) is 2.21. The summed E-state index contributed by atoms with van der Waals surface area (Å²) in [5.74, 6) is 0.823. The fourth-order valence-corrected chi connectivity index (χ4v) is 1.70. The molecule has 0 aliphatic carbocycles. The molecule has 3 nitrogen and oxygen atoms in total. The number of aromatic nitrogens is 1. The highest BCUT2D eigenvalue weighted by atomic mass is 32.2. The molecule has 0 amide bonds. The van der Waals surface area contributed by atoms with Crippen molar-refractivity contribution in [3.05, 3.63) is 12.5 Å². The van der Waals surface area contributed by atoms with Crippen LogP contribution in [0.2, 0.25) is 0 Å². The van der Waals surface area contributed by atoms with E-state index < -0.39 is 5.60 Å². The Morgan fingerprint density at radius 2 is 2.42 bits per heavy atom. The van der Waals surface area contributed by atoms with Crippen molar-refractivity contribution in [3.63, 3.8) is 0 Å². The predicted octanol–water partition coefficient (Wildman–Crippen LogP) is 1.93. The van der Waals surface area contributed by atoms with Crippen LogP contribution < -0.4 is 0 Å². The molecule has 1 rings (SSSR count). The van der Waals surface area contributed by atoms with Gasteiger partial charge in [-0.05, 0) is 20.3 Å². The van der Waals surface area contributed by atoms with Crippen LogP contribution in [0.15, 0.2) is 22.1 Å². The topological polar surface area (TPSA) is 46.3 Å². The molecular weight excluding hydrogens is 174 g/mol. The van der Waals surface area contributed by atoms with Gasteiger partial charge < -0.3 is 9.52 Å². The summed E-state index contributed by atoms with van der Waals surface area (Å²) in [5.41, 5.74) is -0.598. The fraction of sp³-hybridized carbons (Fsp3) is 0.625. The van der Waals surface area contributed by atoms with Gasteiger partial charge in [-0.2, -0.15) is 0 Å². The minimum absolute atomic E-state index is 0.598. The lowest BCUT2D eigenvalue weighted by atomic mass is 10.1. The number of aliphatic hydroxyl groups is 1. The predicted molar refractivity (Wildman–Crippen MR) is 48.1 cm³/mol. The summed E-state index contributed by atoms with van der Waals surface area (Å²) in [6.45, 7) is 3.59. The average molecular weight is 187 g/mol. The Morgan fingerprint density at radius 3 is 2.92 bits per heavy atom. The molecule has 1 N–H and O–H groups in total. The van der Waals surface area contributed by atoms with Crippen LogP contribution in [0.3, 0.4) is 0 Å². The molecular formula is C8H13NO2S. The van der Waals surface area contributed by atoms with Crippen LogP contribution in [0.4, 0.5) is 0 Å². The summed E-state index contributed by atoms with van der Waals surface area (Å²) in [4.78, 5) is 3.95. The van der Waals surface area contributed by atoms with Gasteiger partial charge in [0, 0.05) is 5.75 Å². The minimum Gasteiger partial charge on any atom is -0.440 e. The van der Waals surface area contributed by atoms with Gasteiger partial charge in [-0.1, -0.05) is 11.8 Å². The first-order valence-corrected chi connectivity index (χ1v) is 4.81. The van der Waals surface area contributed by atoms with Crippen LogP contribution in [-0.4, -0.2) is 21.4 Å². The van der Waals surface area contributed by atoms with Crippen molar-refractivity contribution in [2.75, 3.05) is 5.75 Å². The van der Waals surface area contributed by atoms with Gasteiger partial charge in [0.2, 0.25) is 0 Å². The molecule has 0 unspecified atom stereocenters. The molecule has 4 heteroatoms. The third-order valence-electron chi connectivity index (χ3n) is 1.35. The zero-order valence-electron chi connectivity index (χ0n) is 7.28. The Hall–Kier alpha value is -0.480. The van der Waals surface area contributed by atoms with Gasteiger partial charge in [0.25, 0.3) is 5.22 Å². The lowest BCUT2D eigenvalue weighted by Gasteiger charge is -2.15. The van der Waals surface area contributed by atoms with Gasteiger partial charge in [0.05, 0.1) is 11.8 Å². The van der Waals surface area contributed by atoms with E-state index >= 15 is 0 Å². The minimum atomic E-state index is -0.598. The zero-order valence-corrected chi connectivity index (χ0v) is 8.10. The Morgan fingerprint density at radius 1 is 1.67 bits per heavy atom. The van der Waals surface area contributed by atoms with Crippen molar-refractivity contribution in [3.8, 4) is 0 Å². The second-order valence-corrected chi connectivity index (χ2v) is 4.26. The highest BCUT2D eigenvalue weighted by molar-refractivity contribution is 7.99. The Bertz CT molecular complexity index is 215. The van der Waals surface area contributed by atoms with Crippen LogP contribution in [0.5, 0.6) is 0 Å². The molecule has 0 spiro atoms. The fourth-order valence-electron chi connectivity index (χ4n) is 0.670. The Balaban J connectivity index is 2.20. The van der Waals surface area contributed by atoms with Gasteiger partial charge in [-0.3, -0.25) is 0 Å². The molecule has 1 aromatic heterocycles. The first-order chi connectivity index (χ1) is 5.58. The standard InChI is InChI=1S/C8H13NO2S/c1-8(2,10)3-6-12-7-9-4-5-11-7/h4-5,10H,3,6H2,1-2H3. The van der Waals surface area contributed by atoms with E-state index in [-0.39, 0.29) is 0 Å². The molecule has 0 atom stereocenters. The largest absolute Gasteiger partial charge is 0.440 e. The van der Waals surface area contributed by atoms with Crippen LogP contribution in [0, 0.1) is 0 Å². The lowest BCUT2D eigenvalue weighted by Crippen LogP contribution is -2.18. The maximum Gasteiger partial charge on any atom is 0.255 e. The Kier molecular flexibility index (Phi) is 3.17. The second kappa shape index (κ2) is 3.96. The maximum atomic E-state index is 9.38. The molecule has 68 valence electrons. The Labute approximate surface area is 76.2 Å². The number of rotatable bonds is 4. The van der Waals surface area contributed by atoms with E-state index in [0.29, 0.717) is 5.22 Å². The molecule has 0 saturated carbocycles. The van der Waals surface area contributed by atoms with E-state index in [1.165, 1.54) is 11.8 Å². The number of hydrogen-bond acceptors (Lipinski definition) is 4. The molecule has 1 aromatic rings. The maximum absolute atomic E-state index is 9.38. The molecule has 0 aliphatic heterocycles. The van der Waals surface area contributed by atoms with E-state index in [1.54, 1.807) is 26.3 Å². The zero-order chi connectivity index (χ0) is 9.03. The summed E-state index contributed by atoms with van der Waals surface area (Å²) in [6, 6.07) is 0. The van der Waals surface area contributed by atoms with Crippen LogP contribution in [0.1, 0.15) is 20.3 Å².